The van der Waals surface area contributed by atoms with Crippen LogP contribution < -0.4 is 10.1 Å². The van der Waals surface area contributed by atoms with Crippen molar-refractivity contribution in [2.24, 2.45) is 0 Å². The molecule has 0 unspecified atom stereocenters. The van der Waals surface area contributed by atoms with Crippen LogP contribution in [0.2, 0.25) is 0 Å². The van der Waals surface area contributed by atoms with Gasteiger partial charge in [-0.15, -0.1) is 0 Å². The molecule has 0 spiro atoms. The summed E-state index contributed by atoms with van der Waals surface area (Å²) in [6.45, 7) is 1.63. The minimum absolute atomic E-state index is 0.257. The molecule has 32 heavy (non-hydrogen) atoms. The van der Waals surface area contributed by atoms with Gasteiger partial charge in [0.2, 0.25) is 0 Å². The molecular weight excluding hydrogens is 402 g/mol. The van der Waals surface area contributed by atoms with Gasteiger partial charge in [0.25, 0.3) is 5.91 Å². The number of amides is 1. The molecule has 0 bridgehead atoms. The Bertz CT molecular complexity index is 1350. The van der Waals surface area contributed by atoms with E-state index in [0.29, 0.717) is 13.2 Å². The minimum Gasteiger partial charge on any atom is -0.493 e. The second-order valence-corrected chi connectivity index (χ2v) is 7.51. The molecule has 0 aliphatic heterocycles. The van der Waals surface area contributed by atoms with Gasteiger partial charge in [-0.3, -0.25) is 4.79 Å². The summed E-state index contributed by atoms with van der Waals surface area (Å²) in [5.74, 6) is 1.73. The topological polar surface area (TPSA) is 69.3 Å². The summed E-state index contributed by atoms with van der Waals surface area (Å²) in [5, 5.41) is 5.17. The summed E-state index contributed by atoms with van der Waals surface area (Å²) in [7, 11) is 0. The Morgan fingerprint density at radius 1 is 0.969 bits per heavy atom. The third-order valence-corrected chi connectivity index (χ3v) is 5.42. The van der Waals surface area contributed by atoms with E-state index in [0.717, 1.165) is 41.0 Å². The van der Waals surface area contributed by atoms with Crippen LogP contribution in [-0.4, -0.2) is 22.1 Å². The Kier molecular flexibility index (Phi) is 5.58. The van der Waals surface area contributed by atoms with Crippen LogP contribution >= 0.6 is 0 Å². The lowest BCUT2D eigenvalue weighted by molar-refractivity contribution is 0.0921. The van der Waals surface area contributed by atoms with E-state index < -0.39 is 0 Å². The highest BCUT2D eigenvalue weighted by atomic mass is 16.5. The van der Waals surface area contributed by atoms with Crippen molar-refractivity contribution in [2.45, 2.75) is 19.5 Å². The van der Waals surface area contributed by atoms with E-state index in [1.807, 2.05) is 48.5 Å². The van der Waals surface area contributed by atoms with Gasteiger partial charge in [-0.1, -0.05) is 48.5 Å². The number of ether oxygens (including phenoxy) is 1. The fraction of sp³-hybridized carbons (Fsp3) is 0.154. The number of hydrogen-bond donors (Lipinski definition) is 1. The Morgan fingerprint density at radius 3 is 2.72 bits per heavy atom. The third kappa shape index (κ3) is 4.07. The zero-order valence-corrected chi connectivity index (χ0v) is 17.5. The van der Waals surface area contributed by atoms with Crippen molar-refractivity contribution in [3.63, 3.8) is 0 Å². The van der Waals surface area contributed by atoms with E-state index in [2.05, 4.69) is 28.1 Å². The highest BCUT2D eigenvalue weighted by Gasteiger charge is 2.13. The van der Waals surface area contributed by atoms with E-state index in [9.17, 15) is 4.79 Å². The molecule has 0 atom stereocenters. The van der Waals surface area contributed by atoms with Gasteiger partial charge in [0.05, 0.1) is 30.4 Å². The van der Waals surface area contributed by atoms with E-state index in [-0.39, 0.29) is 11.7 Å². The number of imidazole rings is 1. The van der Waals surface area contributed by atoms with E-state index in [4.69, 9.17) is 14.1 Å². The molecule has 0 fully saturated rings. The van der Waals surface area contributed by atoms with Crippen LogP contribution in [-0.2, 0) is 13.1 Å². The van der Waals surface area contributed by atoms with Crippen LogP contribution in [0.15, 0.2) is 89.5 Å². The minimum atomic E-state index is -0.257. The predicted octanol–water partition coefficient (Wildman–Crippen LogP) is 5.18. The molecule has 0 aliphatic rings. The van der Waals surface area contributed by atoms with Gasteiger partial charge in [0.15, 0.2) is 5.76 Å². The molecular formula is C26H23N3O3. The van der Waals surface area contributed by atoms with Crippen molar-refractivity contribution in [3.8, 4) is 5.75 Å². The number of carbonyl (C=O) groups excluding carboxylic acids is 1. The maximum atomic E-state index is 12.3. The summed E-state index contributed by atoms with van der Waals surface area (Å²) in [6, 6.07) is 25.7. The zero-order chi connectivity index (χ0) is 21.8. The SMILES string of the molecule is O=C(NCc1nc2ccccc2n1CCCOc1cccc2ccccc12)c1ccco1. The fourth-order valence-electron chi connectivity index (χ4n) is 3.89. The summed E-state index contributed by atoms with van der Waals surface area (Å²) < 4.78 is 13.4. The summed E-state index contributed by atoms with van der Waals surface area (Å²) >= 11 is 0. The molecule has 0 saturated carbocycles. The maximum Gasteiger partial charge on any atom is 0.287 e. The number of nitrogens with one attached hydrogen (secondary N) is 1. The van der Waals surface area contributed by atoms with Crippen LogP contribution in [0.5, 0.6) is 5.75 Å². The van der Waals surface area contributed by atoms with E-state index in [1.54, 1.807) is 12.1 Å². The quantitative estimate of drug-likeness (QED) is 0.348. The highest BCUT2D eigenvalue weighted by Crippen LogP contribution is 2.25. The maximum absolute atomic E-state index is 12.3. The van der Waals surface area contributed by atoms with Crippen LogP contribution in [0.25, 0.3) is 21.8 Å². The number of furan rings is 1. The molecule has 5 aromatic rings. The standard InChI is InChI=1S/C26H23N3O3/c30-26(24-14-6-16-32-24)27-18-25-28-21-11-3-4-12-22(21)29(25)15-7-17-31-23-13-5-9-19-8-1-2-10-20(19)23/h1-6,8-14,16H,7,15,17-18H2,(H,27,30). The average Bonchev–Trinajstić information content (AvgIpc) is 3.49. The van der Waals surface area contributed by atoms with Crippen LogP contribution in [0, 0.1) is 0 Å². The molecule has 6 heteroatoms. The van der Waals surface area contributed by atoms with Gasteiger partial charge in [-0.2, -0.15) is 0 Å². The van der Waals surface area contributed by atoms with Gasteiger partial charge in [0.1, 0.15) is 11.6 Å². The normalized spacial score (nSPS) is 11.1. The molecule has 1 amide bonds. The number of aryl methyl sites for hydroxylation is 1. The van der Waals surface area contributed by atoms with Gasteiger partial charge < -0.3 is 19.0 Å². The van der Waals surface area contributed by atoms with Crippen molar-refractivity contribution in [2.75, 3.05) is 6.61 Å². The lowest BCUT2D eigenvalue weighted by Crippen LogP contribution is -2.24. The first-order valence-corrected chi connectivity index (χ1v) is 10.7. The molecule has 2 aromatic heterocycles. The van der Waals surface area contributed by atoms with Gasteiger partial charge in [-0.25, -0.2) is 4.98 Å². The molecule has 160 valence electrons. The first kappa shape index (κ1) is 19.9. The first-order chi connectivity index (χ1) is 15.8. The molecule has 2 heterocycles. The highest BCUT2D eigenvalue weighted by molar-refractivity contribution is 5.91. The van der Waals surface area contributed by atoms with Gasteiger partial charge >= 0.3 is 0 Å². The number of nitrogens with zero attached hydrogens (tertiary/aromatic N) is 2. The third-order valence-electron chi connectivity index (χ3n) is 5.42. The van der Waals surface area contributed by atoms with Gasteiger partial charge in [0, 0.05) is 11.9 Å². The second-order valence-electron chi connectivity index (χ2n) is 7.51. The molecule has 5 rings (SSSR count). The number of para-hydroxylation sites is 2. The van der Waals surface area contributed by atoms with Gasteiger partial charge in [-0.05, 0) is 42.1 Å². The van der Waals surface area contributed by atoms with E-state index in [1.165, 1.54) is 11.6 Å². The Labute approximate surface area is 185 Å². The molecule has 0 aliphatic carbocycles. The van der Waals surface area contributed by atoms with Crippen molar-refractivity contribution in [1.82, 2.24) is 14.9 Å². The molecule has 1 N–H and O–H groups in total. The smallest absolute Gasteiger partial charge is 0.287 e. The number of aromatic nitrogens is 2. The summed E-state index contributed by atoms with van der Waals surface area (Å²) in [5.41, 5.74) is 1.95. The number of rotatable bonds is 8. The fourth-order valence-corrected chi connectivity index (χ4v) is 3.89. The number of benzene rings is 3. The molecule has 6 nitrogen and oxygen atoms in total. The van der Waals surface area contributed by atoms with Crippen LogP contribution in [0.3, 0.4) is 0 Å². The Balaban J connectivity index is 1.28. The summed E-state index contributed by atoms with van der Waals surface area (Å²) in [6.07, 6.45) is 2.29. The predicted molar refractivity (Wildman–Crippen MR) is 124 cm³/mol. The molecule has 0 radical (unpaired) electrons. The lowest BCUT2D eigenvalue weighted by atomic mass is 10.1. The lowest BCUT2D eigenvalue weighted by Gasteiger charge is -2.12. The number of hydrogen-bond acceptors (Lipinski definition) is 4. The number of fused-ring (bicyclic) bond motifs is 2. The molecule has 3 aromatic carbocycles. The van der Waals surface area contributed by atoms with Crippen molar-refractivity contribution in [1.29, 1.82) is 0 Å². The largest absolute Gasteiger partial charge is 0.493 e. The Hall–Kier alpha value is -4.06. The van der Waals surface area contributed by atoms with Crippen molar-refractivity contribution in [3.05, 3.63) is 96.7 Å². The van der Waals surface area contributed by atoms with Crippen molar-refractivity contribution < 1.29 is 13.9 Å². The number of carbonyl (C=O) groups is 1. The van der Waals surface area contributed by atoms with Crippen molar-refractivity contribution >= 4 is 27.7 Å². The average molecular weight is 425 g/mol. The summed E-state index contributed by atoms with van der Waals surface area (Å²) in [4.78, 5) is 17.0. The first-order valence-electron chi connectivity index (χ1n) is 10.7. The van der Waals surface area contributed by atoms with Crippen LogP contribution in [0.4, 0.5) is 0 Å². The van der Waals surface area contributed by atoms with Crippen LogP contribution in [0.1, 0.15) is 22.8 Å². The Morgan fingerprint density at radius 2 is 1.81 bits per heavy atom. The molecule has 0 saturated heterocycles. The van der Waals surface area contributed by atoms with E-state index >= 15 is 0 Å². The zero-order valence-electron chi connectivity index (χ0n) is 17.5. The second kappa shape index (κ2) is 8.98. The monoisotopic (exact) mass is 425 g/mol.